The van der Waals surface area contributed by atoms with Gasteiger partial charge in [-0.2, -0.15) is 0 Å². The molecule has 1 unspecified atom stereocenters. The van der Waals surface area contributed by atoms with Crippen molar-refractivity contribution in [2.24, 2.45) is 0 Å². The molecule has 0 bridgehead atoms. The second kappa shape index (κ2) is 7.38. The minimum atomic E-state index is -0.376. The monoisotopic (exact) mass is 319 g/mol. The van der Waals surface area contributed by atoms with Crippen LogP contribution in [0.4, 0.5) is 0 Å². The first kappa shape index (κ1) is 16.4. The maximum atomic E-state index is 12.1. The predicted molar refractivity (Wildman–Crippen MR) is 85.7 cm³/mol. The summed E-state index contributed by atoms with van der Waals surface area (Å²) in [4.78, 5) is 18.4. The lowest BCUT2D eigenvalue weighted by molar-refractivity contribution is -0.177. The highest BCUT2D eigenvalue weighted by atomic mass is 16.5. The molecule has 2 aliphatic rings. The van der Waals surface area contributed by atoms with Crippen LogP contribution in [0.3, 0.4) is 0 Å². The van der Waals surface area contributed by atoms with E-state index in [1.165, 1.54) is 0 Å². The molecule has 126 valence electrons. The Kier molecular flexibility index (Phi) is 5.25. The molecule has 2 saturated heterocycles. The average molecular weight is 319 g/mol. The summed E-state index contributed by atoms with van der Waals surface area (Å²) >= 11 is 0. The van der Waals surface area contributed by atoms with Crippen molar-refractivity contribution in [3.05, 3.63) is 30.1 Å². The van der Waals surface area contributed by atoms with E-state index in [1.54, 1.807) is 6.20 Å². The minimum Gasteiger partial charge on any atom is -0.390 e. The van der Waals surface area contributed by atoms with Gasteiger partial charge in [-0.25, -0.2) is 0 Å². The van der Waals surface area contributed by atoms with Crippen molar-refractivity contribution < 1.29 is 14.6 Å². The molecular formula is C17H25N3O3. The summed E-state index contributed by atoms with van der Waals surface area (Å²) in [7, 11) is 0. The molecule has 6 heteroatoms. The Hall–Kier alpha value is -1.50. The number of aromatic nitrogens is 1. The number of amides is 1. The van der Waals surface area contributed by atoms with Crippen LogP contribution in [-0.4, -0.2) is 58.8 Å². The Balaban J connectivity index is 1.42. The Bertz CT molecular complexity index is 515. The van der Waals surface area contributed by atoms with E-state index >= 15 is 0 Å². The molecule has 1 atom stereocenters. The Morgan fingerprint density at radius 2 is 2.26 bits per heavy atom. The second-order valence-corrected chi connectivity index (χ2v) is 6.45. The zero-order chi connectivity index (χ0) is 16.1. The van der Waals surface area contributed by atoms with E-state index in [9.17, 15) is 9.90 Å². The van der Waals surface area contributed by atoms with Gasteiger partial charge < -0.3 is 15.2 Å². The summed E-state index contributed by atoms with van der Waals surface area (Å²) in [5, 5.41) is 13.1. The fourth-order valence-electron chi connectivity index (χ4n) is 3.43. The number of aliphatic hydroxyl groups is 1. The quantitative estimate of drug-likeness (QED) is 0.855. The highest BCUT2D eigenvalue weighted by molar-refractivity contribution is 5.77. The zero-order valence-corrected chi connectivity index (χ0v) is 13.4. The van der Waals surface area contributed by atoms with Crippen molar-refractivity contribution in [3.63, 3.8) is 0 Å². The lowest BCUT2D eigenvalue weighted by Gasteiger charge is -2.46. The van der Waals surface area contributed by atoms with Crippen molar-refractivity contribution in [2.45, 2.75) is 43.9 Å². The molecule has 1 aromatic heterocycles. The third-order valence-corrected chi connectivity index (χ3v) is 4.88. The molecule has 0 radical (unpaired) electrons. The molecule has 2 N–H and O–H groups in total. The number of rotatable bonds is 4. The highest BCUT2D eigenvalue weighted by Gasteiger charge is 2.43. The largest absolute Gasteiger partial charge is 0.390 e. The average Bonchev–Trinajstić information content (AvgIpc) is 2.59. The smallest absolute Gasteiger partial charge is 0.234 e. The number of ether oxygens (including phenoxy) is 1. The first-order chi connectivity index (χ1) is 11.2. The topological polar surface area (TPSA) is 74.7 Å². The van der Waals surface area contributed by atoms with Crippen LogP contribution in [0.25, 0.3) is 0 Å². The molecule has 23 heavy (non-hydrogen) atoms. The van der Waals surface area contributed by atoms with Crippen LogP contribution in [0, 0.1) is 0 Å². The van der Waals surface area contributed by atoms with E-state index < -0.39 is 0 Å². The van der Waals surface area contributed by atoms with Gasteiger partial charge in [-0.1, -0.05) is 6.07 Å². The number of likely N-dealkylation sites (tertiary alicyclic amines) is 1. The highest BCUT2D eigenvalue weighted by Crippen LogP contribution is 2.35. The Morgan fingerprint density at radius 1 is 1.43 bits per heavy atom. The van der Waals surface area contributed by atoms with E-state index in [0.717, 1.165) is 51.1 Å². The van der Waals surface area contributed by atoms with Crippen molar-refractivity contribution in [1.29, 1.82) is 0 Å². The number of carbonyl (C=O) groups excluding carboxylic acids is 1. The van der Waals surface area contributed by atoms with Crippen LogP contribution in [0.2, 0.25) is 0 Å². The molecule has 3 heterocycles. The van der Waals surface area contributed by atoms with Gasteiger partial charge in [-0.05, 0) is 37.8 Å². The van der Waals surface area contributed by atoms with Crippen LogP contribution >= 0.6 is 0 Å². The molecule has 6 nitrogen and oxygen atoms in total. The van der Waals surface area contributed by atoms with Gasteiger partial charge in [-0.3, -0.25) is 14.7 Å². The fraction of sp³-hybridized carbons (Fsp3) is 0.647. The Labute approximate surface area is 136 Å². The van der Waals surface area contributed by atoms with Crippen LogP contribution in [0.5, 0.6) is 0 Å². The van der Waals surface area contributed by atoms with E-state index in [2.05, 4.69) is 15.2 Å². The van der Waals surface area contributed by atoms with Crippen molar-refractivity contribution in [2.75, 3.05) is 26.2 Å². The zero-order valence-electron chi connectivity index (χ0n) is 13.4. The molecule has 0 saturated carbocycles. The molecular weight excluding hydrogens is 294 g/mol. The second-order valence-electron chi connectivity index (χ2n) is 6.45. The standard InChI is InChI=1S/C17H25N3O3/c21-15-5-3-11-23-17(15)6-9-20(10-7-17)13-16(22)19-12-14-4-1-2-8-18-14/h1-2,4,8,15,21H,3,5-7,9-13H2,(H,19,22). The van der Waals surface area contributed by atoms with Gasteiger partial charge in [0.2, 0.25) is 5.91 Å². The summed E-state index contributed by atoms with van der Waals surface area (Å²) in [6.45, 7) is 3.15. The molecule has 2 aliphatic heterocycles. The number of hydrogen-bond acceptors (Lipinski definition) is 5. The summed E-state index contributed by atoms with van der Waals surface area (Å²) < 4.78 is 5.89. The van der Waals surface area contributed by atoms with Gasteiger partial charge in [0, 0.05) is 25.9 Å². The molecule has 2 fully saturated rings. The van der Waals surface area contributed by atoms with Crippen LogP contribution in [0.15, 0.2) is 24.4 Å². The fourth-order valence-corrected chi connectivity index (χ4v) is 3.43. The third-order valence-electron chi connectivity index (χ3n) is 4.88. The van der Waals surface area contributed by atoms with Crippen molar-refractivity contribution in [3.8, 4) is 0 Å². The molecule has 3 rings (SSSR count). The van der Waals surface area contributed by atoms with Gasteiger partial charge in [0.25, 0.3) is 0 Å². The minimum absolute atomic E-state index is 0.0108. The lowest BCUT2D eigenvalue weighted by Crippen LogP contribution is -2.56. The normalized spacial score (nSPS) is 24.5. The Morgan fingerprint density at radius 3 is 2.96 bits per heavy atom. The number of carbonyl (C=O) groups is 1. The number of hydrogen-bond donors (Lipinski definition) is 2. The van der Waals surface area contributed by atoms with Crippen LogP contribution < -0.4 is 5.32 Å². The molecule has 1 aromatic rings. The predicted octanol–water partition coefficient (Wildman–Crippen LogP) is 0.704. The first-order valence-electron chi connectivity index (χ1n) is 8.39. The van der Waals surface area contributed by atoms with E-state index in [-0.39, 0.29) is 17.6 Å². The molecule has 0 aromatic carbocycles. The summed E-state index contributed by atoms with van der Waals surface area (Å²) in [6.07, 6.45) is 4.70. The maximum Gasteiger partial charge on any atom is 0.234 e. The third kappa shape index (κ3) is 4.07. The summed E-state index contributed by atoms with van der Waals surface area (Å²) in [5.41, 5.74) is 0.483. The van der Waals surface area contributed by atoms with E-state index in [0.29, 0.717) is 13.1 Å². The van der Waals surface area contributed by atoms with E-state index in [4.69, 9.17) is 4.74 Å². The number of pyridine rings is 1. The van der Waals surface area contributed by atoms with Crippen molar-refractivity contribution in [1.82, 2.24) is 15.2 Å². The maximum absolute atomic E-state index is 12.1. The first-order valence-corrected chi connectivity index (χ1v) is 8.39. The molecule has 1 amide bonds. The summed E-state index contributed by atoms with van der Waals surface area (Å²) in [6, 6.07) is 5.66. The molecule has 1 spiro atoms. The van der Waals surface area contributed by atoms with Gasteiger partial charge in [0.15, 0.2) is 0 Å². The number of nitrogens with zero attached hydrogens (tertiary/aromatic N) is 2. The summed E-state index contributed by atoms with van der Waals surface area (Å²) in [5.74, 6) is 0.0108. The number of aliphatic hydroxyl groups excluding tert-OH is 1. The van der Waals surface area contributed by atoms with Gasteiger partial charge >= 0.3 is 0 Å². The van der Waals surface area contributed by atoms with Crippen molar-refractivity contribution >= 4 is 5.91 Å². The number of piperidine rings is 1. The lowest BCUT2D eigenvalue weighted by atomic mass is 9.82. The van der Waals surface area contributed by atoms with Gasteiger partial charge in [0.1, 0.15) is 0 Å². The van der Waals surface area contributed by atoms with Crippen LogP contribution in [-0.2, 0) is 16.1 Å². The SMILES string of the molecule is O=C(CN1CCC2(CC1)OCCCC2O)NCc1ccccn1. The number of nitrogens with one attached hydrogen (secondary N) is 1. The van der Waals surface area contributed by atoms with Gasteiger partial charge in [0.05, 0.1) is 30.5 Å². The van der Waals surface area contributed by atoms with E-state index in [1.807, 2.05) is 18.2 Å². The van der Waals surface area contributed by atoms with Crippen LogP contribution in [0.1, 0.15) is 31.4 Å². The van der Waals surface area contributed by atoms with Gasteiger partial charge in [-0.15, -0.1) is 0 Å². The molecule has 0 aliphatic carbocycles.